The largest absolute Gasteiger partial charge is 0.388 e. The van der Waals surface area contributed by atoms with E-state index in [9.17, 15) is 5.11 Å². The summed E-state index contributed by atoms with van der Waals surface area (Å²) >= 11 is 0. The molecule has 0 aromatic carbocycles. The molecule has 0 aliphatic carbocycles. The van der Waals surface area contributed by atoms with E-state index in [-0.39, 0.29) is 0 Å². The minimum atomic E-state index is -0.469. The lowest BCUT2D eigenvalue weighted by atomic mass is 9.97. The minimum absolute atomic E-state index is 0.469. The Morgan fingerprint density at radius 3 is 3.00 bits per heavy atom. The molecule has 0 atom stereocenters. The molecule has 2 N–H and O–H groups in total. The van der Waals surface area contributed by atoms with Gasteiger partial charge >= 0.3 is 0 Å². The number of β-amino-alcohol motifs (C(OH)–C–C–N with tert-alkyl or cyclic N) is 1. The van der Waals surface area contributed by atoms with Gasteiger partial charge in [-0.1, -0.05) is 0 Å². The predicted molar refractivity (Wildman–Crippen MR) is 44.5 cm³/mol. The molecular formula is C8H13N3O. The smallest absolute Gasteiger partial charge is 0.0872 e. The van der Waals surface area contributed by atoms with E-state index in [0.717, 1.165) is 19.6 Å². The van der Waals surface area contributed by atoms with Crippen molar-refractivity contribution in [1.29, 1.82) is 0 Å². The number of likely N-dealkylation sites (tertiary alicyclic amines) is 1. The number of hydrogen-bond acceptors (Lipinski definition) is 3. The summed E-state index contributed by atoms with van der Waals surface area (Å²) in [5.74, 6) is 0. The summed E-state index contributed by atoms with van der Waals surface area (Å²) in [6.07, 6.45) is 3.69. The van der Waals surface area contributed by atoms with E-state index < -0.39 is 5.60 Å². The first-order valence-corrected chi connectivity index (χ1v) is 4.08. The molecule has 2 rings (SSSR count). The number of aromatic amines is 1. The maximum Gasteiger partial charge on any atom is 0.0872 e. The SMILES string of the molecule is CC1(O)CN(Cc2cn[nH]c2)C1. The van der Waals surface area contributed by atoms with Crippen molar-refractivity contribution in [3.05, 3.63) is 18.0 Å². The van der Waals surface area contributed by atoms with Gasteiger partial charge in [0.25, 0.3) is 0 Å². The van der Waals surface area contributed by atoms with Gasteiger partial charge in [0.1, 0.15) is 0 Å². The van der Waals surface area contributed by atoms with E-state index in [2.05, 4.69) is 15.1 Å². The molecule has 0 radical (unpaired) electrons. The Kier molecular flexibility index (Phi) is 1.66. The lowest BCUT2D eigenvalue weighted by Crippen LogP contribution is -2.59. The van der Waals surface area contributed by atoms with Crippen LogP contribution in [0.15, 0.2) is 12.4 Å². The second kappa shape index (κ2) is 2.57. The molecular weight excluding hydrogens is 154 g/mol. The van der Waals surface area contributed by atoms with Crippen LogP contribution in [-0.2, 0) is 6.54 Å². The Bertz CT molecular complexity index is 247. The second-order valence-electron chi connectivity index (χ2n) is 3.75. The summed E-state index contributed by atoms with van der Waals surface area (Å²) < 4.78 is 0. The predicted octanol–water partition coefficient (Wildman–Crippen LogP) is -0.0237. The van der Waals surface area contributed by atoms with Crippen molar-refractivity contribution < 1.29 is 5.11 Å². The highest BCUT2D eigenvalue weighted by molar-refractivity contribution is 5.05. The molecule has 2 heterocycles. The molecule has 1 saturated heterocycles. The van der Waals surface area contributed by atoms with Gasteiger partial charge in [0, 0.05) is 31.4 Å². The minimum Gasteiger partial charge on any atom is -0.388 e. The van der Waals surface area contributed by atoms with E-state index >= 15 is 0 Å². The maximum absolute atomic E-state index is 9.45. The highest BCUT2D eigenvalue weighted by Gasteiger charge is 2.36. The van der Waals surface area contributed by atoms with Crippen LogP contribution in [0.1, 0.15) is 12.5 Å². The third kappa shape index (κ3) is 1.49. The van der Waals surface area contributed by atoms with Crippen molar-refractivity contribution >= 4 is 0 Å². The van der Waals surface area contributed by atoms with E-state index in [4.69, 9.17) is 0 Å². The van der Waals surface area contributed by atoms with Gasteiger partial charge in [-0.25, -0.2) is 0 Å². The van der Waals surface area contributed by atoms with Crippen molar-refractivity contribution in [3.63, 3.8) is 0 Å². The first-order chi connectivity index (χ1) is 5.66. The van der Waals surface area contributed by atoms with Crippen molar-refractivity contribution in [2.75, 3.05) is 13.1 Å². The lowest BCUT2D eigenvalue weighted by molar-refractivity contribution is -0.0871. The van der Waals surface area contributed by atoms with Crippen LogP contribution in [0.3, 0.4) is 0 Å². The van der Waals surface area contributed by atoms with Crippen molar-refractivity contribution in [1.82, 2.24) is 15.1 Å². The standard InChI is InChI=1S/C8H13N3O/c1-8(12)5-11(6-8)4-7-2-9-10-3-7/h2-3,12H,4-6H2,1H3,(H,9,10). The van der Waals surface area contributed by atoms with Gasteiger partial charge in [0.15, 0.2) is 0 Å². The molecule has 1 aliphatic rings. The fourth-order valence-corrected chi connectivity index (χ4v) is 1.65. The molecule has 1 fully saturated rings. The number of rotatable bonds is 2. The summed E-state index contributed by atoms with van der Waals surface area (Å²) in [5.41, 5.74) is 0.703. The molecule has 4 heteroatoms. The first-order valence-electron chi connectivity index (χ1n) is 4.08. The normalized spacial score (nSPS) is 22.2. The maximum atomic E-state index is 9.45. The molecule has 12 heavy (non-hydrogen) atoms. The second-order valence-corrected chi connectivity index (χ2v) is 3.75. The van der Waals surface area contributed by atoms with Gasteiger partial charge in [-0.15, -0.1) is 0 Å². The van der Waals surface area contributed by atoms with E-state index in [1.807, 2.05) is 19.3 Å². The zero-order valence-electron chi connectivity index (χ0n) is 7.12. The molecule has 4 nitrogen and oxygen atoms in total. The molecule has 1 aromatic rings. The number of nitrogens with one attached hydrogen (secondary N) is 1. The fraction of sp³-hybridized carbons (Fsp3) is 0.625. The lowest BCUT2D eigenvalue weighted by Gasteiger charge is -2.44. The fourth-order valence-electron chi connectivity index (χ4n) is 1.65. The molecule has 1 aliphatic heterocycles. The van der Waals surface area contributed by atoms with Crippen LogP contribution in [-0.4, -0.2) is 38.9 Å². The molecule has 0 bridgehead atoms. The summed E-state index contributed by atoms with van der Waals surface area (Å²) in [4.78, 5) is 2.19. The van der Waals surface area contributed by atoms with Gasteiger partial charge < -0.3 is 5.11 Å². The molecule has 0 saturated carbocycles. The number of nitrogens with zero attached hydrogens (tertiary/aromatic N) is 2. The Labute approximate surface area is 71.2 Å². The third-order valence-corrected chi connectivity index (χ3v) is 2.09. The van der Waals surface area contributed by atoms with E-state index in [0.29, 0.717) is 0 Å². The van der Waals surface area contributed by atoms with E-state index in [1.165, 1.54) is 5.56 Å². The Hall–Kier alpha value is -0.870. The highest BCUT2D eigenvalue weighted by Crippen LogP contribution is 2.21. The number of aromatic nitrogens is 2. The van der Waals surface area contributed by atoms with Crippen LogP contribution < -0.4 is 0 Å². The van der Waals surface area contributed by atoms with Crippen LogP contribution in [0, 0.1) is 0 Å². The van der Waals surface area contributed by atoms with Gasteiger partial charge in [0.05, 0.1) is 11.8 Å². The zero-order valence-corrected chi connectivity index (χ0v) is 7.12. The Morgan fingerprint density at radius 1 is 1.75 bits per heavy atom. The summed E-state index contributed by atoms with van der Waals surface area (Å²) in [6.45, 7) is 4.27. The van der Waals surface area contributed by atoms with Crippen LogP contribution >= 0.6 is 0 Å². The van der Waals surface area contributed by atoms with Crippen LogP contribution in [0.5, 0.6) is 0 Å². The first kappa shape index (κ1) is 7.76. The zero-order chi connectivity index (χ0) is 8.60. The van der Waals surface area contributed by atoms with Crippen LogP contribution in [0.25, 0.3) is 0 Å². The summed E-state index contributed by atoms with van der Waals surface area (Å²) in [7, 11) is 0. The quantitative estimate of drug-likeness (QED) is 0.650. The van der Waals surface area contributed by atoms with Crippen LogP contribution in [0.4, 0.5) is 0 Å². The van der Waals surface area contributed by atoms with Gasteiger partial charge in [0.2, 0.25) is 0 Å². The summed E-state index contributed by atoms with van der Waals surface area (Å²) in [5, 5.41) is 16.1. The van der Waals surface area contributed by atoms with Crippen molar-refractivity contribution in [3.8, 4) is 0 Å². The number of aliphatic hydroxyl groups is 1. The molecule has 0 unspecified atom stereocenters. The molecule has 0 spiro atoms. The third-order valence-electron chi connectivity index (χ3n) is 2.09. The number of hydrogen-bond donors (Lipinski definition) is 2. The number of H-pyrrole nitrogens is 1. The average Bonchev–Trinajstić information content (AvgIpc) is 2.35. The van der Waals surface area contributed by atoms with Crippen molar-refractivity contribution in [2.45, 2.75) is 19.1 Å². The van der Waals surface area contributed by atoms with Crippen LogP contribution in [0.2, 0.25) is 0 Å². The van der Waals surface area contributed by atoms with Gasteiger partial charge in [-0.3, -0.25) is 10.00 Å². The molecule has 0 amide bonds. The average molecular weight is 167 g/mol. The molecule has 1 aromatic heterocycles. The topological polar surface area (TPSA) is 52.1 Å². The highest BCUT2D eigenvalue weighted by atomic mass is 16.3. The Morgan fingerprint density at radius 2 is 2.50 bits per heavy atom. The van der Waals surface area contributed by atoms with Crippen molar-refractivity contribution in [2.24, 2.45) is 0 Å². The monoisotopic (exact) mass is 167 g/mol. The summed E-state index contributed by atoms with van der Waals surface area (Å²) in [6, 6.07) is 0. The molecule has 66 valence electrons. The Balaban J connectivity index is 1.84. The van der Waals surface area contributed by atoms with Gasteiger partial charge in [-0.05, 0) is 6.92 Å². The van der Waals surface area contributed by atoms with E-state index in [1.54, 1.807) is 0 Å². The van der Waals surface area contributed by atoms with Gasteiger partial charge in [-0.2, -0.15) is 5.10 Å².